The van der Waals surface area contributed by atoms with Crippen molar-refractivity contribution >= 4 is 28.3 Å². The summed E-state index contributed by atoms with van der Waals surface area (Å²) in [5, 5.41) is 4.98. The van der Waals surface area contributed by atoms with Crippen molar-refractivity contribution in [2.24, 2.45) is 5.92 Å². The number of thiazole rings is 1. The Morgan fingerprint density at radius 3 is 2.66 bits per heavy atom. The maximum Gasteiger partial charge on any atom is 0.293 e. The Labute approximate surface area is 173 Å². The molecule has 150 valence electrons. The van der Waals surface area contributed by atoms with Gasteiger partial charge in [0.15, 0.2) is 10.9 Å². The molecule has 2 aromatic heterocycles. The number of benzene rings is 1. The number of likely N-dealkylation sites (tertiary alicyclic amines) is 1. The van der Waals surface area contributed by atoms with E-state index in [1.165, 1.54) is 23.2 Å². The molecular weight excluding hydrogens is 386 g/mol. The third-order valence-corrected chi connectivity index (χ3v) is 5.99. The van der Waals surface area contributed by atoms with Crippen molar-refractivity contribution in [2.45, 2.75) is 25.7 Å². The Morgan fingerprint density at radius 1 is 1.14 bits per heavy atom. The van der Waals surface area contributed by atoms with Crippen LogP contribution in [0.5, 0.6) is 0 Å². The van der Waals surface area contributed by atoms with Crippen molar-refractivity contribution in [3.05, 3.63) is 71.1 Å². The average Bonchev–Trinajstić information content (AvgIpc) is 3.42. The van der Waals surface area contributed by atoms with Gasteiger partial charge in [0, 0.05) is 18.5 Å². The van der Waals surface area contributed by atoms with Crippen molar-refractivity contribution in [3.63, 3.8) is 0 Å². The molecule has 1 aliphatic heterocycles. The van der Waals surface area contributed by atoms with E-state index < -0.39 is 0 Å². The molecule has 2 amide bonds. The number of nitrogens with zero attached hydrogens (tertiary/aromatic N) is 2. The second-order valence-corrected chi connectivity index (χ2v) is 8.12. The van der Waals surface area contributed by atoms with Crippen LogP contribution < -0.4 is 5.32 Å². The number of furan rings is 1. The van der Waals surface area contributed by atoms with Crippen LogP contribution >= 0.6 is 11.3 Å². The fourth-order valence-electron chi connectivity index (χ4n) is 3.61. The summed E-state index contributed by atoms with van der Waals surface area (Å²) in [7, 11) is 0. The highest BCUT2D eigenvalue weighted by molar-refractivity contribution is 7.14. The van der Waals surface area contributed by atoms with Crippen LogP contribution in [0.25, 0.3) is 0 Å². The first kappa shape index (κ1) is 19.4. The van der Waals surface area contributed by atoms with Crippen molar-refractivity contribution in [1.82, 2.24) is 9.88 Å². The molecule has 1 saturated heterocycles. The molecule has 3 heterocycles. The van der Waals surface area contributed by atoms with Gasteiger partial charge < -0.3 is 9.32 Å². The smallest absolute Gasteiger partial charge is 0.293 e. The summed E-state index contributed by atoms with van der Waals surface area (Å²) in [6.45, 7) is 1.59. The minimum Gasteiger partial charge on any atom is -0.459 e. The summed E-state index contributed by atoms with van der Waals surface area (Å²) in [4.78, 5) is 30.9. The summed E-state index contributed by atoms with van der Waals surface area (Å²) >= 11 is 1.31. The second kappa shape index (κ2) is 9.05. The maximum absolute atomic E-state index is 12.6. The van der Waals surface area contributed by atoms with Crippen LogP contribution in [0.15, 0.2) is 58.5 Å². The largest absolute Gasteiger partial charge is 0.459 e. The van der Waals surface area contributed by atoms with Gasteiger partial charge in [-0.15, -0.1) is 11.3 Å². The summed E-state index contributed by atoms with van der Waals surface area (Å²) in [5.41, 5.74) is 2.05. The molecule has 6 nitrogen and oxygen atoms in total. The van der Waals surface area contributed by atoms with E-state index in [0.717, 1.165) is 32.4 Å². The van der Waals surface area contributed by atoms with Crippen LogP contribution in [0.2, 0.25) is 0 Å². The van der Waals surface area contributed by atoms with Crippen molar-refractivity contribution in [1.29, 1.82) is 0 Å². The Hall–Kier alpha value is -2.93. The third-order valence-electron chi connectivity index (χ3n) is 5.18. The summed E-state index contributed by atoms with van der Waals surface area (Å²) in [5.74, 6) is 0.612. The van der Waals surface area contributed by atoms with E-state index in [1.807, 2.05) is 16.3 Å². The lowest BCUT2D eigenvalue weighted by Gasteiger charge is -2.32. The van der Waals surface area contributed by atoms with Gasteiger partial charge in [0.2, 0.25) is 5.91 Å². The molecule has 1 fully saturated rings. The van der Waals surface area contributed by atoms with Crippen molar-refractivity contribution in [3.8, 4) is 0 Å². The van der Waals surface area contributed by atoms with Gasteiger partial charge in [-0.1, -0.05) is 30.3 Å². The van der Waals surface area contributed by atoms with Gasteiger partial charge in [-0.2, -0.15) is 0 Å². The van der Waals surface area contributed by atoms with E-state index in [0.29, 0.717) is 16.7 Å². The molecular formula is C22H23N3O3S. The monoisotopic (exact) mass is 409 g/mol. The number of hydrogen-bond donors (Lipinski definition) is 1. The van der Waals surface area contributed by atoms with Crippen molar-refractivity contribution < 1.29 is 14.0 Å². The molecule has 4 rings (SSSR count). The molecule has 1 N–H and O–H groups in total. The second-order valence-electron chi connectivity index (χ2n) is 7.27. The van der Waals surface area contributed by atoms with Crippen LogP contribution in [0.1, 0.15) is 34.7 Å². The first-order valence-corrected chi connectivity index (χ1v) is 10.7. The van der Waals surface area contributed by atoms with Gasteiger partial charge in [0.25, 0.3) is 5.91 Å². The van der Waals surface area contributed by atoms with Gasteiger partial charge in [-0.05, 0) is 42.9 Å². The molecule has 0 bridgehead atoms. The minimum atomic E-state index is -0.345. The quantitative estimate of drug-likeness (QED) is 0.667. The van der Waals surface area contributed by atoms with Gasteiger partial charge in [0.1, 0.15) is 0 Å². The van der Waals surface area contributed by atoms with Gasteiger partial charge in [-0.25, -0.2) is 4.98 Å². The van der Waals surface area contributed by atoms with E-state index in [-0.39, 0.29) is 24.0 Å². The highest BCUT2D eigenvalue weighted by Gasteiger charge is 2.23. The SMILES string of the molecule is O=C(Nc1nc(CC(=O)N2CCC(Cc3ccccc3)CC2)cs1)c1ccco1. The van der Waals surface area contributed by atoms with Crippen LogP contribution in [0, 0.1) is 5.92 Å². The third kappa shape index (κ3) is 5.12. The highest BCUT2D eigenvalue weighted by Crippen LogP contribution is 2.23. The Morgan fingerprint density at radius 2 is 1.93 bits per heavy atom. The minimum absolute atomic E-state index is 0.0948. The lowest BCUT2D eigenvalue weighted by Crippen LogP contribution is -2.39. The highest BCUT2D eigenvalue weighted by atomic mass is 32.1. The molecule has 0 atom stereocenters. The Balaban J connectivity index is 1.25. The van der Waals surface area contributed by atoms with Crippen LogP contribution in [-0.2, 0) is 17.6 Å². The molecule has 0 radical (unpaired) electrons. The first-order valence-electron chi connectivity index (χ1n) is 9.78. The van der Waals surface area contributed by atoms with Crippen molar-refractivity contribution in [2.75, 3.05) is 18.4 Å². The van der Waals surface area contributed by atoms with Crippen LogP contribution in [0.4, 0.5) is 5.13 Å². The zero-order valence-corrected chi connectivity index (χ0v) is 16.9. The van der Waals surface area contributed by atoms with E-state index >= 15 is 0 Å². The summed E-state index contributed by atoms with van der Waals surface area (Å²) in [6, 6.07) is 13.8. The summed E-state index contributed by atoms with van der Waals surface area (Å²) < 4.78 is 5.07. The molecule has 1 aromatic carbocycles. The molecule has 0 unspecified atom stereocenters. The predicted molar refractivity (Wildman–Crippen MR) is 112 cm³/mol. The fourth-order valence-corrected chi connectivity index (χ4v) is 4.32. The maximum atomic E-state index is 12.6. The Bertz CT molecular complexity index is 945. The Kier molecular flexibility index (Phi) is 6.05. The summed E-state index contributed by atoms with van der Waals surface area (Å²) in [6.07, 6.45) is 4.85. The lowest BCUT2D eigenvalue weighted by molar-refractivity contribution is -0.131. The van der Waals surface area contributed by atoms with Gasteiger partial charge in [-0.3, -0.25) is 14.9 Å². The number of carbonyl (C=O) groups is 2. The molecule has 29 heavy (non-hydrogen) atoms. The number of anilines is 1. The first-order chi connectivity index (χ1) is 14.2. The zero-order chi connectivity index (χ0) is 20.1. The number of rotatable bonds is 6. The fraction of sp³-hybridized carbons (Fsp3) is 0.318. The average molecular weight is 410 g/mol. The van der Waals surface area contributed by atoms with E-state index in [2.05, 4.69) is 34.6 Å². The standard InChI is InChI=1S/C22H23N3O3S/c26-20(25-10-8-17(9-11-25)13-16-5-2-1-3-6-16)14-18-15-29-22(23-18)24-21(27)19-7-4-12-28-19/h1-7,12,15,17H,8-11,13-14H2,(H,23,24,27). The number of hydrogen-bond acceptors (Lipinski definition) is 5. The van der Waals surface area contributed by atoms with Gasteiger partial charge >= 0.3 is 0 Å². The number of amides is 2. The number of carbonyl (C=O) groups excluding carboxylic acids is 2. The molecule has 7 heteroatoms. The molecule has 1 aliphatic rings. The zero-order valence-electron chi connectivity index (χ0n) is 16.0. The molecule has 3 aromatic rings. The molecule has 0 aliphatic carbocycles. The predicted octanol–water partition coefficient (Wildman–Crippen LogP) is 4.01. The topological polar surface area (TPSA) is 75.4 Å². The van der Waals surface area contributed by atoms with Crippen LogP contribution in [0.3, 0.4) is 0 Å². The molecule has 0 saturated carbocycles. The normalized spacial score (nSPS) is 14.7. The lowest BCUT2D eigenvalue weighted by atomic mass is 9.90. The van der Waals surface area contributed by atoms with E-state index in [9.17, 15) is 9.59 Å². The number of aromatic nitrogens is 1. The van der Waals surface area contributed by atoms with E-state index in [4.69, 9.17) is 4.42 Å². The number of nitrogens with one attached hydrogen (secondary N) is 1. The molecule has 0 spiro atoms. The van der Waals surface area contributed by atoms with Crippen LogP contribution in [-0.4, -0.2) is 34.8 Å². The van der Waals surface area contributed by atoms with E-state index in [1.54, 1.807) is 12.1 Å². The number of piperidine rings is 1. The van der Waals surface area contributed by atoms with Gasteiger partial charge in [0.05, 0.1) is 18.4 Å².